The maximum atomic E-state index is 9.72. The number of methoxy groups -OCH3 is 1. The highest BCUT2D eigenvalue weighted by atomic mass is 16.5. The Morgan fingerprint density at radius 2 is 2.16 bits per heavy atom. The van der Waals surface area contributed by atoms with E-state index in [1.54, 1.807) is 14.0 Å². The van der Waals surface area contributed by atoms with E-state index in [1.165, 1.54) is 0 Å². The summed E-state index contributed by atoms with van der Waals surface area (Å²) < 4.78 is 7.42. The molecule has 0 amide bonds. The van der Waals surface area contributed by atoms with Gasteiger partial charge in [0.05, 0.1) is 25.5 Å². The lowest BCUT2D eigenvalue weighted by molar-refractivity contribution is 0.189. The van der Waals surface area contributed by atoms with Crippen molar-refractivity contribution in [2.75, 3.05) is 7.11 Å². The number of aryl methyl sites for hydroxylation is 1. The van der Waals surface area contributed by atoms with E-state index in [4.69, 9.17) is 4.74 Å². The number of hydrogen-bond donors (Lipinski definition) is 1. The minimum atomic E-state index is -0.484. The maximum absolute atomic E-state index is 9.72. The Kier molecular flexibility index (Phi) is 3.90. The van der Waals surface area contributed by atoms with Crippen molar-refractivity contribution in [3.05, 3.63) is 47.0 Å². The molecule has 102 valence electrons. The zero-order chi connectivity index (χ0) is 14.0. The van der Waals surface area contributed by atoms with Crippen LogP contribution in [0.2, 0.25) is 0 Å². The summed E-state index contributed by atoms with van der Waals surface area (Å²) in [4.78, 5) is 4.48. The number of aliphatic hydroxyl groups excluding tert-OH is 1. The van der Waals surface area contributed by atoms with Crippen LogP contribution in [0.1, 0.15) is 35.5 Å². The Bertz CT molecular complexity index is 574. The van der Waals surface area contributed by atoms with Crippen LogP contribution >= 0.6 is 0 Å². The molecule has 0 aliphatic carbocycles. The SMILES string of the molecule is COc1c(C)cnc(Cn2cccc2C(C)O)c1C. The van der Waals surface area contributed by atoms with Gasteiger partial charge in [-0.3, -0.25) is 4.98 Å². The molecule has 2 heterocycles. The van der Waals surface area contributed by atoms with E-state index in [2.05, 4.69) is 4.98 Å². The van der Waals surface area contributed by atoms with Crippen LogP contribution in [0.25, 0.3) is 0 Å². The average Bonchev–Trinajstić information content (AvgIpc) is 2.82. The lowest BCUT2D eigenvalue weighted by Crippen LogP contribution is -2.09. The minimum Gasteiger partial charge on any atom is -0.496 e. The first-order valence-electron chi connectivity index (χ1n) is 6.36. The molecule has 0 bridgehead atoms. The molecule has 2 rings (SSSR count). The molecule has 0 saturated carbocycles. The zero-order valence-corrected chi connectivity index (χ0v) is 11.8. The van der Waals surface area contributed by atoms with E-state index in [1.807, 2.05) is 42.9 Å². The third-order valence-corrected chi connectivity index (χ3v) is 3.36. The van der Waals surface area contributed by atoms with Gasteiger partial charge < -0.3 is 14.4 Å². The Labute approximate surface area is 113 Å². The number of nitrogens with zero attached hydrogens (tertiary/aromatic N) is 2. The average molecular weight is 260 g/mol. The molecular formula is C15H20N2O2. The summed E-state index contributed by atoms with van der Waals surface area (Å²) in [6.07, 6.45) is 3.30. The molecule has 4 heteroatoms. The Balaban J connectivity index is 2.36. The Morgan fingerprint density at radius 1 is 1.42 bits per heavy atom. The monoisotopic (exact) mass is 260 g/mol. The van der Waals surface area contributed by atoms with Gasteiger partial charge in [0.1, 0.15) is 5.75 Å². The van der Waals surface area contributed by atoms with Gasteiger partial charge in [0.25, 0.3) is 0 Å². The fourth-order valence-corrected chi connectivity index (χ4v) is 2.34. The van der Waals surface area contributed by atoms with Crippen LogP contribution in [0.3, 0.4) is 0 Å². The molecule has 0 spiro atoms. The van der Waals surface area contributed by atoms with Crippen molar-refractivity contribution in [3.8, 4) is 5.75 Å². The van der Waals surface area contributed by atoms with Crippen LogP contribution in [-0.4, -0.2) is 21.8 Å². The van der Waals surface area contributed by atoms with Crippen LogP contribution in [0.4, 0.5) is 0 Å². The summed E-state index contributed by atoms with van der Waals surface area (Å²) in [5.41, 5.74) is 3.93. The van der Waals surface area contributed by atoms with E-state index in [0.29, 0.717) is 6.54 Å². The lowest BCUT2D eigenvalue weighted by Gasteiger charge is -2.15. The summed E-state index contributed by atoms with van der Waals surface area (Å²) in [7, 11) is 1.68. The van der Waals surface area contributed by atoms with Crippen molar-refractivity contribution >= 4 is 0 Å². The molecule has 0 aliphatic rings. The molecule has 0 saturated heterocycles. The zero-order valence-electron chi connectivity index (χ0n) is 11.8. The van der Waals surface area contributed by atoms with Gasteiger partial charge in [0.15, 0.2) is 0 Å². The number of aromatic nitrogens is 2. The molecule has 1 unspecified atom stereocenters. The van der Waals surface area contributed by atoms with Crippen molar-refractivity contribution < 1.29 is 9.84 Å². The lowest BCUT2D eigenvalue weighted by atomic mass is 10.1. The third-order valence-electron chi connectivity index (χ3n) is 3.36. The van der Waals surface area contributed by atoms with Crippen molar-refractivity contribution in [3.63, 3.8) is 0 Å². The number of hydrogen-bond acceptors (Lipinski definition) is 3. The highest BCUT2D eigenvalue weighted by molar-refractivity contribution is 5.41. The van der Waals surface area contributed by atoms with Crippen molar-refractivity contribution in [2.45, 2.75) is 33.4 Å². The summed E-state index contributed by atoms with van der Waals surface area (Å²) in [6.45, 7) is 6.40. The molecule has 1 atom stereocenters. The standard InChI is InChI=1S/C15H20N2O2/c1-10-8-16-13(11(2)15(10)19-4)9-17-7-5-6-14(17)12(3)18/h5-8,12,18H,9H2,1-4H3. The first-order valence-corrected chi connectivity index (χ1v) is 6.36. The summed E-state index contributed by atoms with van der Waals surface area (Å²) in [5.74, 6) is 0.885. The third kappa shape index (κ3) is 2.63. The van der Waals surface area contributed by atoms with E-state index in [0.717, 1.165) is 28.3 Å². The van der Waals surface area contributed by atoms with Gasteiger partial charge in [0.2, 0.25) is 0 Å². The summed E-state index contributed by atoms with van der Waals surface area (Å²) in [5, 5.41) is 9.72. The fraction of sp³-hybridized carbons (Fsp3) is 0.400. The second-order valence-corrected chi connectivity index (χ2v) is 4.78. The van der Waals surface area contributed by atoms with Gasteiger partial charge in [-0.25, -0.2) is 0 Å². The van der Waals surface area contributed by atoms with E-state index in [-0.39, 0.29) is 0 Å². The maximum Gasteiger partial charge on any atom is 0.128 e. The second-order valence-electron chi connectivity index (χ2n) is 4.78. The van der Waals surface area contributed by atoms with Gasteiger partial charge in [-0.2, -0.15) is 0 Å². The molecule has 1 N–H and O–H groups in total. The van der Waals surface area contributed by atoms with Gasteiger partial charge >= 0.3 is 0 Å². The highest BCUT2D eigenvalue weighted by Crippen LogP contribution is 2.25. The Morgan fingerprint density at radius 3 is 2.79 bits per heavy atom. The number of aliphatic hydroxyl groups is 1. The summed E-state index contributed by atoms with van der Waals surface area (Å²) >= 11 is 0. The summed E-state index contributed by atoms with van der Waals surface area (Å²) in [6, 6.07) is 3.86. The molecule has 0 aliphatic heterocycles. The second kappa shape index (κ2) is 5.45. The first kappa shape index (κ1) is 13.6. The van der Waals surface area contributed by atoms with Crippen molar-refractivity contribution in [2.24, 2.45) is 0 Å². The van der Waals surface area contributed by atoms with Crippen LogP contribution in [0.5, 0.6) is 5.75 Å². The number of rotatable bonds is 4. The Hall–Kier alpha value is -1.81. The molecule has 0 fully saturated rings. The van der Waals surface area contributed by atoms with Gasteiger partial charge in [-0.15, -0.1) is 0 Å². The predicted octanol–water partition coefficient (Wildman–Crippen LogP) is 2.61. The van der Waals surface area contributed by atoms with Gasteiger partial charge in [-0.05, 0) is 32.9 Å². The van der Waals surface area contributed by atoms with Gasteiger partial charge in [-0.1, -0.05) is 0 Å². The normalized spacial score (nSPS) is 12.5. The first-order chi connectivity index (χ1) is 9.04. The van der Waals surface area contributed by atoms with Crippen LogP contribution in [-0.2, 0) is 6.54 Å². The topological polar surface area (TPSA) is 47.3 Å². The molecule has 0 radical (unpaired) electrons. The van der Waals surface area contributed by atoms with E-state index >= 15 is 0 Å². The molecule has 4 nitrogen and oxygen atoms in total. The predicted molar refractivity (Wildman–Crippen MR) is 74.4 cm³/mol. The number of pyridine rings is 1. The van der Waals surface area contributed by atoms with Crippen LogP contribution in [0, 0.1) is 13.8 Å². The van der Waals surface area contributed by atoms with Crippen LogP contribution in [0.15, 0.2) is 24.5 Å². The molecular weight excluding hydrogens is 240 g/mol. The van der Waals surface area contributed by atoms with E-state index < -0.39 is 6.10 Å². The molecule has 2 aromatic rings. The quantitative estimate of drug-likeness (QED) is 0.919. The van der Waals surface area contributed by atoms with Crippen LogP contribution < -0.4 is 4.74 Å². The molecule has 19 heavy (non-hydrogen) atoms. The largest absolute Gasteiger partial charge is 0.496 e. The van der Waals surface area contributed by atoms with Crippen molar-refractivity contribution in [1.29, 1.82) is 0 Å². The fourth-order valence-electron chi connectivity index (χ4n) is 2.34. The molecule has 2 aromatic heterocycles. The highest BCUT2D eigenvalue weighted by Gasteiger charge is 2.12. The van der Waals surface area contributed by atoms with Crippen molar-refractivity contribution in [1.82, 2.24) is 9.55 Å². The van der Waals surface area contributed by atoms with E-state index in [9.17, 15) is 5.11 Å². The molecule has 0 aromatic carbocycles. The smallest absolute Gasteiger partial charge is 0.128 e. The minimum absolute atomic E-state index is 0.484. The number of ether oxygens (including phenoxy) is 1. The van der Waals surface area contributed by atoms with Gasteiger partial charge in [0, 0.05) is 29.2 Å².